The largest absolute Gasteiger partial charge is 0.467 e. The Labute approximate surface area is 207 Å². The Kier molecular flexibility index (Phi) is 6.25. The van der Waals surface area contributed by atoms with Crippen molar-refractivity contribution in [3.05, 3.63) is 83.6 Å². The number of imide groups is 1. The number of carbonyl (C=O) groups is 4. The number of hydrogen-bond acceptors (Lipinski definition) is 5. The first kappa shape index (κ1) is 23.3. The van der Waals surface area contributed by atoms with Gasteiger partial charge in [-0.3, -0.25) is 19.3 Å². The minimum Gasteiger partial charge on any atom is -0.467 e. The zero-order valence-electron chi connectivity index (χ0n) is 19.7. The summed E-state index contributed by atoms with van der Waals surface area (Å²) in [4.78, 5) is 55.5. The molecule has 36 heavy (non-hydrogen) atoms. The molecule has 0 saturated heterocycles. The predicted octanol–water partition coefficient (Wildman–Crippen LogP) is 3.60. The van der Waals surface area contributed by atoms with E-state index in [1.54, 1.807) is 24.3 Å². The van der Waals surface area contributed by atoms with Gasteiger partial charge in [-0.25, -0.2) is 4.79 Å². The third kappa shape index (κ3) is 4.22. The number of H-pyrrole nitrogens is 1. The summed E-state index contributed by atoms with van der Waals surface area (Å²) in [6.07, 6.45) is 2.40. The highest BCUT2D eigenvalue weighted by Gasteiger charge is 2.32. The maximum absolute atomic E-state index is 13.0. The lowest BCUT2D eigenvalue weighted by Gasteiger charge is -2.27. The zero-order valence-corrected chi connectivity index (χ0v) is 19.7. The Balaban J connectivity index is 1.23. The van der Waals surface area contributed by atoms with Crippen molar-refractivity contribution < 1.29 is 23.9 Å². The Hall–Kier alpha value is -4.46. The van der Waals surface area contributed by atoms with Gasteiger partial charge in [-0.05, 0) is 35.6 Å². The summed E-state index contributed by atoms with van der Waals surface area (Å²) >= 11 is 0. The van der Waals surface area contributed by atoms with Crippen LogP contribution in [0, 0.1) is 0 Å². The van der Waals surface area contributed by atoms with Gasteiger partial charge in [0.05, 0.1) is 7.11 Å². The zero-order chi connectivity index (χ0) is 25.2. The molecule has 4 aromatic rings. The molecule has 3 amide bonds. The van der Waals surface area contributed by atoms with Crippen molar-refractivity contribution in [1.29, 1.82) is 0 Å². The van der Waals surface area contributed by atoms with Gasteiger partial charge in [0.25, 0.3) is 11.8 Å². The molecule has 0 unspecified atom stereocenters. The van der Waals surface area contributed by atoms with Crippen LogP contribution in [0.15, 0.2) is 66.9 Å². The van der Waals surface area contributed by atoms with Crippen molar-refractivity contribution in [2.24, 2.45) is 0 Å². The summed E-state index contributed by atoms with van der Waals surface area (Å²) in [5.41, 5.74) is 2.79. The van der Waals surface area contributed by atoms with E-state index in [-0.39, 0.29) is 43.5 Å². The first-order valence-electron chi connectivity index (χ1n) is 11.8. The van der Waals surface area contributed by atoms with E-state index in [1.807, 2.05) is 42.6 Å². The monoisotopic (exact) mass is 483 g/mol. The van der Waals surface area contributed by atoms with E-state index in [4.69, 9.17) is 4.74 Å². The molecule has 2 heterocycles. The summed E-state index contributed by atoms with van der Waals surface area (Å²) in [5, 5.41) is 5.23. The summed E-state index contributed by atoms with van der Waals surface area (Å²) in [7, 11) is 1.28. The van der Waals surface area contributed by atoms with Gasteiger partial charge in [0.15, 0.2) is 0 Å². The van der Waals surface area contributed by atoms with E-state index in [9.17, 15) is 19.2 Å². The number of nitrogens with one attached hydrogen (secondary N) is 2. The van der Waals surface area contributed by atoms with Crippen molar-refractivity contribution in [3.8, 4) is 0 Å². The highest BCUT2D eigenvalue weighted by molar-refractivity contribution is 6.25. The predicted molar refractivity (Wildman–Crippen MR) is 134 cm³/mol. The van der Waals surface area contributed by atoms with Gasteiger partial charge in [-0.2, -0.15) is 0 Å². The second kappa shape index (κ2) is 9.65. The van der Waals surface area contributed by atoms with Crippen molar-refractivity contribution in [1.82, 2.24) is 15.2 Å². The fourth-order valence-corrected chi connectivity index (χ4v) is 4.80. The molecule has 2 N–H and O–H groups in total. The van der Waals surface area contributed by atoms with Gasteiger partial charge in [0.2, 0.25) is 5.91 Å². The quantitative estimate of drug-likeness (QED) is 0.294. The topological polar surface area (TPSA) is 109 Å². The van der Waals surface area contributed by atoms with Crippen LogP contribution in [-0.4, -0.2) is 53.3 Å². The number of benzene rings is 3. The van der Waals surface area contributed by atoms with E-state index in [1.165, 1.54) is 12.0 Å². The van der Waals surface area contributed by atoms with E-state index in [0.717, 1.165) is 21.9 Å². The van der Waals surface area contributed by atoms with Crippen molar-refractivity contribution in [3.63, 3.8) is 0 Å². The molecular formula is C28H25N3O5. The number of ether oxygens (including phenoxy) is 1. The first-order chi connectivity index (χ1) is 17.5. The Bertz CT molecular complexity index is 1450. The molecule has 1 aliphatic heterocycles. The molecule has 1 aromatic heterocycles. The maximum Gasteiger partial charge on any atom is 0.328 e. The van der Waals surface area contributed by atoms with Gasteiger partial charge in [-0.1, -0.05) is 42.5 Å². The lowest BCUT2D eigenvalue weighted by atomic mass is 9.94. The third-order valence-electron chi connectivity index (χ3n) is 6.56. The molecule has 0 bridgehead atoms. The van der Waals surface area contributed by atoms with Crippen LogP contribution in [0.4, 0.5) is 0 Å². The molecule has 8 heteroatoms. The number of methoxy groups -OCH3 is 1. The highest BCUT2D eigenvalue weighted by Crippen LogP contribution is 2.30. The molecule has 5 rings (SSSR count). The second-order valence-corrected chi connectivity index (χ2v) is 8.78. The normalized spacial score (nSPS) is 13.8. The number of hydrogen-bond donors (Lipinski definition) is 2. The molecule has 182 valence electrons. The maximum atomic E-state index is 13.0. The minimum atomic E-state index is -0.857. The van der Waals surface area contributed by atoms with Crippen LogP contribution in [0.25, 0.3) is 21.7 Å². The minimum absolute atomic E-state index is 0.0459. The summed E-state index contributed by atoms with van der Waals surface area (Å²) in [6.45, 7) is 0.0984. The van der Waals surface area contributed by atoms with E-state index < -0.39 is 12.0 Å². The molecule has 8 nitrogen and oxygen atoms in total. The Morgan fingerprint density at radius 3 is 2.36 bits per heavy atom. The fraction of sp³-hybridized carbons (Fsp3) is 0.214. The molecule has 0 radical (unpaired) electrons. The number of aromatic amines is 1. The van der Waals surface area contributed by atoms with Crippen molar-refractivity contribution >= 4 is 45.4 Å². The smallest absolute Gasteiger partial charge is 0.328 e. The van der Waals surface area contributed by atoms with Crippen LogP contribution >= 0.6 is 0 Å². The third-order valence-corrected chi connectivity index (χ3v) is 6.56. The summed E-state index contributed by atoms with van der Waals surface area (Å²) in [5.74, 6) is -1.63. The number of esters is 1. The molecule has 0 fully saturated rings. The van der Waals surface area contributed by atoms with E-state index in [2.05, 4.69) is 10.3 Å². The van der Waals surface area contributed by atoms with Crippen LogP contribution in [0.2, 0.25) is 0 Å². The number of carbonyl (C=O) groups excluding carboxylic acids is 4. The first-order valence-corrected chi connectivity index (χ1v) is 11.8. The van der Waals surface area contributed by atoms with Gasteiger partial charge in [-0.15, -0.1) is 0 Å². The highest BCUT2D eigenvalue weighted by atomic mass is 16.5. The van der Waals surface area contributed by atoms with E-state index >= 15 is 0 Å². The number of rotatable bonds is 8. The van der Waals surface area contributed by atoms with Crippen molar-refractivity contribution in [2.45, 2.75) is 25.3 Å². The molecular weight excluding hydrogens is 458 g/mol. The molecule has 1 atom stereocenters. The molecule has 3 aromatic carbocycles. The standard InChI is InChI=1S/C28H25N3O5/c1-36-28(35)23(15-18-16-29-22-12-3-2-9-19(18)22)30-24(32)13-6-14-31-26(33)20-10-4-7-17-8-5-11-21(25(17)20)27(31)34/h2-5,7-12,16,23,29H,6,13-15H2,1H3,(H,30,32)/t23-/m1/s1. The molecule has 0 aliphatic carbocycles. The number of aromatic nitrogens is 1. The number of amides is 3. The van der Waals surface area contributed by atoms with Crippen molar-refractivity contribution in [2.75, 3.05) is 13.7 Å². The Morgan fingerprint density at radius 1 is 0.972 bits per heavy atom. The van der Waals surface area contributed by atoms with Crippen LogP contribution in [-0.2, 0) is 20.7 Å². The van der Waals surface area contributed by atoms with Gasteiger partial charge in [0, 0.05) is 53.0 Å². The lowest BCUT2D eigenvalue weighted by molar-refractivity contribution is -0.145. The van der Waals surface area contributed by atoms with Gasteiger partial charge >= 0.3 is 5.97 Å². The van der Waals surface area contributed by atoms with Gasteiger partial charge < -0.3 is 15.0 Å². The fourth-order valence-electron chi connectivity index (χ4n) is 4.80. The van der Waals surface area contributed by atoms with Crippen LogP contribution < -0.4 is 5.32 Å². The average molecular weight is 484 g/mol. The summed E-state index contributed by atoms with van der Waals surface area (Å²) in [6, 6.07) is 17.6. The molecule has 0 saturated carbocycles. The second-order valence-electron chi connectivity index (χ2n) is 8.78. The number of fused-ring (bicyclic) bond motifs is 1. The Morgan fingerprint density at radius 2 is 1.67 bits per heavy atom. The summed E-state index contributed by atoms with van der Waals surface area (Å²) < 4.78 is 4.90. The average Bonchev–Trinajstić information content (AvgIpc) is 3.31. The van der Waals surface area contributed by atoms with E-state index in [0.29, 0.717) is 16.5 Å². The van der Waals surface area contributed by atoms with Crippen LogP contribution in [0.1, 0.15) is 39.1 Å². The lowest BCUT2D eigenvalue weighted by Crippen LogP contribution is -2.44. The number of nitrogens with zero attached hydrogens (tertiary/aromatic N) is 1. The SMILES string of the molecule is COC(=O)[C@@H](Cc1c[nH]c2ccccc12)NC(=O)CCCN1C(=O)c2cccc3cccc(c23)C1=O. The van der Waals surface area contributed by atoms with Gasteiger partial charge in [0.1, 0.15) is 6.04 Å². The van der Waals surface area contributed by atoms with Crippen LogP contribution in [0.5, 0.6) is 0 Å². The van der Waals surface area contributed by atoms with Crippen LogP contribution in [0.3, 0.4) is 0 Å². The molecule has 0 spiro atoms. The number of para-hydroxylation sites is 1. The molecule has 1 aliphatic rings.